The molecule has 35 heavy (non-hydrogen) atoms. The quantitative estimate of drug-likeness (QED) is 0.382. The summed E-state index contributed by atoms with van der Waals surface area (Å²) in [6.45, 7) is 4.32. The van der Waals surface area contributed by atoms with E-state index in [4.69, 9.17) is 0 Å². The number of fused-ring (bicyclic) bond motifs is 1. The number of aliphatic hydroxyl groups excluding tert-OH is 2. The van der Waals surface area contributed by atoms with Gasteiger partial charge in [0.25, 0.3) is 0 Å². The summed E-state index contributed by atoms with van der Waals surface area (Å²) in [5, 5.41) is 43.5. The molecule has 4 N–H and O–H groups in total. The van der Waals surface area contributed by atoms with Crippen molar-refractivity contribution < 1.29 is 15.3 Å². The number of phenols is 1. The van der Waals surface area contributed by atoms with Crippen molar-refractivity contribution in [3.05, 3.63) is 90.1 Å². The highest BCUT2D eigenvalue weighted by molar-refractivity contribution is 5.70. The smallest absolute Gasteiger partial charge is 0.145 e. The first-order valence-electron chi connectivity index (χ1n) is 11.8. The van der Waals surface area contributed by atoms with Gasteiger partial charge in [0.05, 0.1) is 23.9 Å². The number of phenolic OH excluding ortho intramolecular Hbond substituents is 1. The Morgan fingerprint density at radius 1 is 0.914 bits per heavy atom. The highest BCUT2D eigenvalue weighted by atomic mass is 16.3. The molecule has 2 aliphatic rings. The Bertz CT molecular complexity index is 1280. The van der Waals surface area contributed by atoms with Crippen molar-refractivity contribution in [3.63, 3.8) is 0 Å². The Morgan fingerprint density at radius 3 is 2.29 bits per heavy atom. The lowest BCUT2D eigenvalue weighted by atomic mass is 9.71. The SMILES string of the molecule is CN1/C(=C/C2C(O)C(Nc3ccc(N=Nc4ccccc4)c(O)c3)C2O)C(C)(C)c2ccccc21. The van der Waals surface area contributed by atoms with E-state index in [1.807, 2.05) is 55.6 Å². The van der Waals surface area contributed by atoms with Gasteiger partial charge in [0.2, 0.25) is 0 Å². The molecule has 1 fully saturated rings. The lowest BCUT2D eigenvalue weighted by Crippen LogP contribution is -2.62. The second-order valence-electron chi connectivity index (χ2n) is 9.72. The van der Waals surface area contributed by atoms with Gasteiger partial charge in [0.1, 0.15) is 11.4 Å². The Hall–Kier alpha value is -3.68. The zero-order valence-corrected chi connectivity index (χ0v) is 20.0. The van der Waals surface area contributed by atoms with Gasteiger partial charge in [0, 0.05) is 41.5 Å². The predicted molar refractivity (Wildman–Crippen MR) is 138 cm³/mol. The number of allylic oxidation sites excluding steroid dienone is 1. The molecule has 7 heteroatoms. The van der Waals surface area contributed by atoms with Crippen LogP contribution < -0.4 is 10.2 Å². The lowest BCUT2D eigenvalue weighted by molar-refractivity contribution is -0.0824. The molecule has 3 aromatic carbocycles. The number of nitrogens with one attached hydrogen (secondary N) is 1. The van der Waals surface area contributed by atoms with Gasteiger partial charge in [-0.1, -0.05) is 56.3 Å². The van der Waals surface area contributed by atoms with E-state index in [-0.39, 0.29) is 11.2 Å². The van der Waals surface area contributed by atoms with Crippen LogP contribution in [0.4, 0.5) is 22.7 Å². The van der Waals surface area contributed by atoms with Crippen LogP contribution in [-0.4, -0.2) is 40.6 Å². The first-order valence-corrected chi connectivity index (χ1v) is 11.8. The van der Waals surface area contributed by atoms with Crippen LogP contribution in [0.15, 0.2) is 94.8 Å². The fourth-order valence-electron chi connectivity index (χ4n) is 5.09. The minimum Gasteiger partial charge on any atom is -0.506 e. The molecule has 0 bridgehead atoms. The van der Waals surface area contributed by atoms with Crippen LogP contribution in [0, 0.1) is 5.92 Å². The predicted octanol–water partition coefficient (Wildman–Crippen LogP) is 5.25. The van der Waals surface area contributed by atoms with Crippen LogP contribution in [0.2, 0.25) is 0 Å². The Balaban J connectivity index is 1.28. The summed E-state index contributed by atoms with van der Waals surface area (Å²) in [5.41, 5.74) is 4.82. The summed E-state index contributed by atoms with van der Waals surface area (Å²) in [6, 6.07) is 21.9. The van der Waals surface area contributed by atoms with Crippen LogP contribution >= 0.6 is 0 Å². The number of anilines is 2. The molecular weight excluding hydrogens is 440 g/mol. The van der Waals surface area contributed by atoms with Gasteiger partial charge in [-0.2, -0.15) is 5.11 Å². The normalized spacial score (nSPS) is 26.1. The van der Waals surface area contributed by atoms with Crippen molar-refractivity contribution in [1.29, 1.82) is 0 Å². The highest BCUT2D eigenvalue weighted by Gasteiger charge is 2.50. The Morgan fingerprint density at radius 2 is 1.60 bits per heavy atom. The van der Waals surface area contributed by atoms with Crippen LogP contribution in [0.25, 0.3) is 0 Å². The van der Waals surface area contributed by atoms with E-state index >= 15 is 0 Å². The van der Waals surface area contributed by atoms with Crippen molar-refractivity contribution in [1.82, 2.24) is 0 Å². The van der Waals surface area contributed by atoms with E-state index < -0.39 is 24.2 Å². The minimum absolute atomic E-state index is 0.0382. The van der Waals surface area contributed by atoms with Gasteiger partial charge in [-0.25, -0.2) is 0 Å². The van der Waals surface area contributed by atoms with E-state index in [0.29, 0.717) is 17.1 Å². The first kappa shape index (κ1) is 23.1. The third-order valence-electron chi connectivity index (χ3n) is 7.15. The molecule has 5 rings (SSSR count). The maximum Gasteiger partial charge on any atom is 0.145 e. The van der Waals surface area contributed by atoms with Gasteiger partial charge < -0.3 is 25.5 Å². The van der Waals surface area contributed by atoms with Gasteiger partial charge in [0.15, 0.2) is 0 Å². The van der Waals surface area contributed by atoms with Crippen molar-refractivity contribution in [2.75, 3.05) is 17.3 Å². The number of aliphatic hydroxyl groups is 2. The summed E-state index contributed by atoms with van der Waals surface area (Å²) in [6.07, 6.45) is 0.452. The van der Waals surface area contributed by atoms with Gasteiger partial charge in [-0.05, 0) is 35.9 Å². The number of aromatic hydroxyl groups is 1. The summed E-state index contributed by atoms with van der Waals surface area (Å²) in [5.74, 6) is -0.435. The molecule has 1 aliphatic carbocycles. The van der Waals surface area contributed by atoms with Crippen molar-refractivity contribution in [2.24, 2.45) is 16.1 Å². The molecule has 0 amide bonds. The largest absolute Gasteiger partial charge is 0.506 e. The summed E-state index contributed by atoms with van der Waals surface area (Å²) in [7, 11) is 2.02. The summed E-state index contributed by atoms with van der Waals surface area (Å²) >= 11 is 0. The number of likely N-dealkylation sites (N-methyl/N-ethyl adjacent to an activating group) is 1. The molecule has 1 heterocycles. The van der Waals surface area contributed by atoms with E-state index in [0.717, 1.165) is 11.4 Å². The van der Waals surface area contributed by atoms with Gasteiger partial charge in [-0.15, -0.1) is 5.11 Å². The third-order valence-corrected chi connectivity index (χ3v) is 7.15. The van der Waals surface area contributed by atoms with Crippen molar-refractivity contribution in [2.45, 2.75) is 37.5 Å². The molecule has 2 unspecified atom stereocenters. The Kier molecular flexibility index (Phi) is 5.83. The Labute approximate surface area is 205 Å². The maximum atomic E-state index is 10.9. The van der Waals surface area contributed by atoms with Gasteiger partial charge in [-0.3, -0.25) is 0 Å². The number of hydrogen-bond acceptors (Lipinski definition) is 7. The number of benzene rings is 3. The van der Waals surface area contributed by atoms with Crippen LogP contribution in [0.5, 0.6) is 5.75 Å². The average molecular weight is 471 g/mol. The number of rotatable bonds is 5. The molecule has 1 saturated carbocycles. The number of hydrogen-bond donors (Lipinski definition) is 4. The first-order chi connectivity index (χ1) is 16.8. The van der Waals surface area contributed by atoms with Crippen LogP contribution in [0.1, 0.15) is 19.4 Å². The summed E-state index contributed by atoms with van der Waals surface area (Å²) < 4.78 is 0. The second kappa shape index (κ2) is 8.83. The molecule has 0 aromatic heterocycles. The second-order valence-corrected chi connectivity index (χ2v) is 9.72. The molecule has 180 valence electrons. The number of para-hydroxylation sites is 1. The van der Waals surface area contributed by atoms with Crippen molar-refractivity contribution in [3.8, 4) is 5.75 Å². The zero-order valence-electron chi connectivity index (χ0n) is 20.0. The zero-order chi connectivity index (χ0) is 24.7. The van der Waals surface area contributed by atoms with E-state index in [9.17, 15) is 15.3 Å². The lowest BCUT2D eigenvalue weighted by Gasteiger charge is -2.46. The number of azo groups is 1. The highest BCUT2D eigenvalue weighted by Crippen LogP contribution is 2.48. The monoisotopic (exact) mass is 470 g/mol. The summed E-state index contributed by atoms with van der Waals surface area (Å²) in [4.78, 5) is 2.14. The fourth-order valence-corrected chi connectivity index (χ4v) is 5.09. The molecule has 0 spiro atoms. The van der Waals surface area contributed by atoms with Gasteiger partial charge >= 0.3 is 0 Å². The van der Waals surface area contributed by atoms with Crippen LogP contribution in [-0.2, 0) is 5.41 Å². The molecule has 0 radical (unpaired) electrons. The van der Waals surface area contributed by atoms with E-state index in [2.05, 4.69) is 46.4 Å². The van der Waals surface area contributed by atoms with E-state index in [1.54, 1.807) is 12.1 Å². The standard InChI is InChI=1S/C28H30N4O3/c1-28(2)20-11-7-8-12-22(20)32(3)24(28)16-19-26(34)25(27(19)35)29-18-13-14-21(23(33)15-18)31-30-17-9-5-4-6-10-17/h4-16,19,25-27,29,33-35H,1-3H3/b24-16+,31-30?. The topological polar surface area (TPSA) is 101 Å². The van der Waals surface area contributed by atoms with E-state index in [1.165, 1.54) is 11.6 Å². The maximum absolute atomic E-state index is 10.9. The fraction of sp³-hybridized carbons (Fsp3) is 0.286. The van der Waals surface area contributed by atoms with Crippen molar-refractivity contribution >= 4 is 22.7 Å². The average Bonchev–Trinajstić information content (AvgIpc) is 3.06. The molecular formula is C28H30N4O3. The minimum atomic E-state index is -0.773. The molecule has 3 aromatic rings. The molecule has 7 nitrogen and oxygen atoms in total. The number of nitrogens with zero attached hydrogens (tertiary/aromatic N) is 3. The molecule has 1 aliphatic heterocycles. The molecule has 0 saturated heterocycles. The molecule has 2 atom stereocenters. The van der Waals surface area contributed by atoms with Crippen LogP contribution in [0.3, 0.4) is 0 Å². The third kappa shape index (κ3) is 4.07.